The molecule has 1 rings (SSSR count). The lowest BCUT2D eigenvalue weighted by atomic mass is 10.1. The van der Waals surface area contributed by atoms with Crippen molar-refractivity contribution in [1.29, 1.82) is 0 Å². The Hall–Kier alpha value is -1.55. The monoisotopic (exact) mass is 223 g/mol. The average Bonchev–Trinajstić information content (AvgIpc) is 2.21. The Balaban J connectivity index is 2.92. The van der Waals surface area contributed by atoms with Crippen LogP contribution in [0.5, 0.6) is 5.75 Å². The standard InChI is InChI=1S/C12H17NO3/c1-3-16-12-5-4-11(13-9(2)15)8-10(12)6-7-14/h4-5,8,14H,3,6-7H2,1-2H3,(H,13,15). The van der Waals surface area contributed by atoms with Crippen molar-refractivity contribution >= 4 is 11.6 Å². The molecule has 0 aliphatic heterocycles. The quantitative estimate of drug-likeness (QED) is 0.796. The minimum absolute atomic E-state index is 0.0591. The topological polar surface area (TPSA) is 58.6 Å². The number of amides is 1. The molecule has 0 aliphatic carbocycles. The van der Waals surface area contributed by atoms with Gasteiger partial charge in [-0.2, -0.15) is 0 Å². The smallest absolute Gasteiger partial charge is 0.221 e. The summed E-state index contributed by atoms with van der Waals surface area (Å²) in [6.07, 6.45) is 0.517. The molecule has 0 atom stereocenters. The molecular formula is C12H17NO3. The fourth-order valence-corrected chi connectivity index (χ4v) is 1.47. The first-order valence-corrected chi connectivity index (χ1v) is 5.31. The lowest BCUT2D eigenvalue weighted by Crippen LogP contribution is -2.07. The molecule has 0 heterocycles. The van der Waals surface area contributed by atoms with Crippen LogP contribution in [0.3, 0.4) is 0 Å². The number of aliphatic hydroxyl groups excluding tert-OH is 1. The number of benzene rings is 1. The summed E-state index contributed by atoms with van der Waals surface area (Å²) in [5.41, 5.74) is 1.62. The molecule has 2 N–H and O–H groups in total. The van der Waals surface area contributed by atoms with Crippen molar-refractivity contribution < 1.29 is 14.6 Å². The maximum Gasteiger partial charge on any atom is 0.221 e. The van der Waals surface area contributed by atoms with Gasteiger partial charge < -0.3 is 15.2 Å². The van der Waals surface area contributed by atoms with Gasteiger partial charge >= 0.3 is 0 Å². The van der Waals surface area contributed by atoms with Gasteiger partial charge in [0.15, 0.2) is 0 Å². The van der Waals surface area contributed by atoms with Gasteiger partial charge in [0.05, 0.1) is 6.61 Å². The zero-order valence-corrected chi connectivity index (χ0v) is 9.62. The van der Waals surface area contributed by atoms with Crippen LogP contribution in [0.1, 0.15) is 19.4 Å². The van der Waals surface area contributed by atoms with Gasteiger partial charge in [0.25, 0.3) is 0 Å². The predicted molar refractivity (Wildman–Crippen MR) is 62.7 cm³/mol. The van der Waals surface area contributed by atoms with Crippen LogP contribution in [0.4, 0.5) is 5.69 Å². The van der Waals surface area contributed by atoms with Crippen LogP contribution in [0, 0.1) is 0 Å². The number of carbonyl (C=O) groups is 1. The van der Waals surface area contributed by atoms with E-state index in [1.54, 1.807) is 12.1 Å². The van der Waals surface area contributed by atoms with Gasteiger partial charge in [0, 0.05) is 19.2 Å². The molecule has 0 aliphatic rings. The molecule has 0 aromatic heterocycles. The Morgan fingerprint density at radius 2 is 2.25 bits per heavy atom. The van der Waals surface area contributed by atoms with Crippen molar-refractivity contribution in [3.05, 3.63) is 23.8 Å². The van der Waals surface area contributed by atoms with Crippen LogP contribution in [0.2, 0.25) is 0 Å². The maximum atomic E-state index is 10.9. The molecule has 1 aromatic rings. The first-order valence-electron chi connectivity index (χ1n) is 5.31. The molecule has 0 fully saturated rings. The average molecular weight is 223 g/mol. The second kappa shape index (κ2) is 6.12. The van der Waals surface area contributed by atoms with E-state index in [1.165, 1.54) is 6.92 Å². The molecule has 88 valence electrons. The number of anilines is 1. The molecule has 0 spiro atoms. The molecule has 0 bridgehead atoms. The first kappa shape index (κ1) is 12.5. The van der Waals surface area contributed by atoms with E-state index in [0.717, 1.165) is 17.0 Å². The zero-order chi connectivity index (χ0) is 12.0. The summed E-state index contributed by atoms with van der Waals surface area (Å²) in [5.74, 6) is 0.643. The highest BCUT2D eigenvalue weighted by molar-refractivity contribution is 5.88. The van der Waals surface area contributed by atoms with Crippen molar-refractivity contribution in [3.63, 3.8) is 0 Å². The Morgan fingerprint density at radius 1 is 1.50 bits per heavy atom. The second-order valence-corrected chi connectivity index (χ2v) is 3.41. The lowest BCUT2D eigenvalue weighted by Gasteiger charge is -2.11. The van der Waals surface area contributed by atoms with E-state index in [0.29, 0.717) is 13.0 Å². The van der Waals surface area contributed by atoms with E-state index in [-0.39, 0.29) is 12.5 Å². The number of rotatable bonds is 5. The molecule has 0 radical (unpaired) electrons. The normalized spacial score (nSPS) is 9.94. The Bertz CT molecular complexity index is 363. The highest BCUT2D eigenvalue weighted by atomic mass is 16.5. The largest absolute Gasteiger partial charge is 0.494 e. The van der Waals surface area contributed by atoms with Gasteiger partial charge in [-0.1, -0.05) is 0 Å². The number of aliphatic hydroxyl groups is 1. The van der Waals surface area contributed by atoms with E-state index in [2.05, 4.69) is 5.32 Å². The van der Waals surface area contributed by atoms with Crippen LogP contribution in [-0.2, 0) is 11.2 Å². The van der Waals surface area contributed by atoms with Crippen molar-refractivity contribution in [2.24, 2.45) is 0 Å². The van der Waals surface area contributed by atoms with Crippen molar-refractivity contribution in [1.82, 2.24) is 0 Å². The second-order valence-electron chi connectivity index (χ2n) is 3.41. The first-order chi connectivity index (χ1) is 7.67. The highest BCUT2D eigenvalue weighted by Crippen LogP contribution is 2.23. The third-order valence-electron chi connectivity index (χ3n) is 2.06. The van der Waals surface area contributed by atoms with Crippen LogP contribution in [-0.4, -0.2) is 24.2 Å². The number of nitrogens with one attached hydrogen (secondary N) is 1. The van der Waals surface area contributed by atoms with E-state index in [4.69, 9.17) is 9.84 Å². The third kappa shape index (κ3) is 3.55. The molecule has 1 aromatic carbocycles. The Morgan fingerprint density at radius 3 is 2.81 bits per heavy atom. The van der Waals surface area contributed by atoms with Gasteiger partial charge in [0.2, 0.25) is 5.91 Å². The maximum absolute atomic E-state index is 10.9. The predicted octanol–water partition coefficient (Wildman–Crippen LogP) is 1.58. The molecule has 0 saturated carbocycles. The molecule has 1 amide bonds. The Labute approximate surface area is 95.2 Å². The summed E-state index contributed by atoms with van der Waals surface area (Å²) in [7, 11) is 0. The van der Waals surface area contributed by atoms with Crippen molar-refractivity contribution in [2.75, 3.05) is 18.5 Å². The number of hydrogen-bond acceptors (Lipinski definition) is 3. The minimum Gasteiger partial charge on any atom is -0.494 e. The van der Waals surface area contributed by atoms with E-state index < -0.39 is 0 Å². The van der Waals surface area contributed by atoms with Crippen LogP contribution in [0.15, 0.2) is 18.2 Å². The third-order valence-corrected chi connectivity index (χ3v) is 2.06. The fraction of sp³-hybridized carbons (Fsp3) is 0.417. The van der Waals surface area contributed by atoms with Crippen molar-refractivity contribution in [2.45, 2.75) is 20.3 Å². The summed E-state index contributed by atoms with van der Waals surface area (Å²) < 4.78 is 5.43. The van der Waals surface area contributed by atoms with E-state index >= 15 is 0 Å². The summed E-state index contributed by atoms with van der Waals surface area (Å²) in [6.45, 7) is 4.01. The van der Waals surface area contributed by atoms with Gasteiger partial charge in [-0.15, -0.1) is 0 Å². The van der Waals surface area contributed by atoms with Crippen LogP contribution >= 0.6 is 0 Å². The molecular weight excluding hydrogens is 206 g/mol. The van der Waals surface area contributed by atoms with Gasteiger partial charge in [-0.25, -0.2) is 0 Å². The number of ether oxygens (including phenoxy) is 1. The number of carbonyl (C=O) groups excluding carboxylic acids is 1. The fourth-order valence-electron chi connectivity index (χ4n) is 1.47. The highest BCUT2D eigenvalue weighted by Gasteiger charge is 2.05. The van der Waals surface area contributed by atoms with E-state index in [1.807, 2.05) is 13.0 Å². The Kier molecular flexibility index (Phi) is 4.79. The van der Waals surface area contributed by atoms with Gasteiger partial charge in [0.1, 0.15) is 5.75 Å². The van der Waals surface area contributed by atoms with Gasteiger partial charge in [-0.05, 0) is 37.1 Å². The number of hydrogen-bond donors (Lipinski definition) is 2. The van der Waals surface area contributed by atoms with Crippen LogP contribution < -0.4 is 10.1 Å². The minimum atomic E-state index is -0.112. The summed E-state index contributed by atoms with van der Waals surface area (Å²) in [5, 5.41) is 11.6. The van der Waals surface area contributed by atoms with Crippen molar-refractivity contribution in [3.8, 4) is 5.75 Å². The molecule has 0 unspecified atom stereocenters. The molecule has 0 saturated heterocycles. The van der Waals surface area contributed by atoms with Crippen LogP contribution in [0.25, 0.3) is 0 Å². The molecule has 4 nitrogen and oxygen atoms in total. The summed E-state index contributed by atoms with van der Waals surface area (Å²) >= 11 is 0. The molecule has 16 heavy (non-hydrogen) atoms. The SMILES string of the molecule is CCOc1ccc(NC(C)=O)cc1CCO. The summed E-state index contributed by atoms with van der Waals surface area (Å²) in [4.78, 5) is 10.9. The van der Waals surface area contributed by atoms with E-state index in [9.17, 15) is 4.79 Å². The van der Waals surface area contributed by atoms with Gasteiger partial charge in [-0.3, -0.25) is 4.79 Å². The summed E-state index contributed by atoms with van der Waals surface area (Å²) in [6, 6.07) is 5.41. The zero-order valence-electron chi connectivity index (χ0n) is 9.62. The lowest BCUT2D eigenvalue weighted by molar-refractivity contribution is -0.114. The molecule has 4 heteroatoms.